The van der Waals surface area contributed by atoms with Crippen molar-refractivity contribution in [2.75, 3.05) is 13.1 Å². The molecule has 0 aromatic rings. The highest BCUT2D eigenvalue weighted by Gasteiger charge is 2.32. The number of rotatable bonds is 6. The van der Waals surface area contributed by atoms with Crippen LogP contribution in [0.5, 0.6) is 0 Å². The Balaban J connectivity index is 2.57. The molecular formula is C12H22N2O2. The van der Waals surface area contributed by atoms with Crippen molar-refractivity contribution in [3.8, 4) is 0 Å². The van der Waals surface area contributed by atoms with Gasteiger partial charge in [0.2, 0.25) is 11.8 Å². The quantitative estimate of drug-likeness (QED) is 0.694. The van der Waals surface area contributed by atoms with E-state index >= 15 is 0 Å². The van der Waals surface area contributed by atoms with Crippen molar-refractivity contribution >= 4 is 11.8 Å². The molecule has 92 valence electrons. The van der Waals surface area contributed by atoms with Crippen LogP contribution in [0.2, 0.25) is 0 Å². The first-order valence-electron chi connectivity index (χ1n) is 6.27. The zero-order chi connectivity index (χ0) is 12.0. The number of hydrogen-bond donors (Lipinski definition) is 1. The molecule has 1 N–H and O–H groups in total. The highest BCUT2D eigenvalue weighted by Crippen LogP contribution is 2.13. The summed E-state index contributed by atoms with van der Waals surface area (Å²) in [6.45, 7) is 5.07. The summed E-state index contributed by atoms with van der Waals surface area (Å²) in [6.07, 6.45) is 4.94. The largest absolute Gasteiger partial charge is 0.345 e. The number of nitrogens with zero attached hydrogens (tertiary/aromatic N) is 1. The molecule has 1 saturated heterocycles. The van der Waals surface area contributed by atoms with Crippen LogP contribution in [0.4, 0.5) is 0 Å². The monoisotopic (exact) mass is 226 g/mol. The van der Waals surface area contributed by atoms with E-state index in [9.17, 15) is 9.59 Å². The van der Waals surface area contributed by atoms with Crippen LogP contribution in [0, 0.1) is 0 Å². The molecule has 1 aliphatic rings. The van der Waals surface area contributed by atoms with Crippen molar-refractivity contribution in [3.05, 3.63) is 0 Å². The fourth-order valence-electron chi connectivity index (χ4n) is 2.07. The lowest BCUT2D eigenvalue weighted by Gasteiger charge is -2.34. The lowest BCUT2D eigenvalue weighted by atomic mass is 10.1. The maximum atomic E-state index is 11.7. The van der Waals surface area contributed by atoms with E-state index in [0.29, 0.717) is 0 Å². The molecule has 0 spiro atoms. The van der Waals surface area contributed by atoms with Gasteiger partial charge in [-0.25, -0.2) is 0 Å². The van der Waals surface area contributed by atoms with Gasteiger partial charge < -0.3 is 10.2 Å². The van der Waals surface area contributed by atoms with Gasteiger partial charge in [0.05, 0.1) is 6.54 Å². The third-order valence-corrected chi connectivity index (χ3v) is 2.98. The van der Waals surface area contributed by atoms with E-state index in [1.54, 1.807) is 4.90 Å². The van der Waals surface area contributed by atoms with E-state index in [1.165, 1.54) is 0 Å². The zero-order valence-electron chi connectivity index (χ0n) is 10.3. The maximum Gasteiger partial charge on any atom is 0.243 e. The second-order valence-corrected chi connectivity index (χ2v) is 4.32. The van der Waals surface area contributed by atoms with Gasteiger partial charge in [-0.2, -0.15) is 0 Å². The molecule has 0 saturated carbocycles. The number of unbranched alkanes of at least 4 members (excludes halogenated alkanes) is 2. The average Bonchev–Trinajstić information content (AvgIpc) is 2.27. The standard InChI is InChI=1S/C12H22N2O2/c1-3-5-6-8-14-10(7-4-2)12(16)13-9-11(14)15/h10H,3-9H2,1-2H3,(H,13,16). The maximum absolute atomic E-state index is 11.7. The van der Waals surface area contributed by atoms with E-state index in [2.05, 4.69) is 12.2 Å². The molecule has 1 fully saturated rings. The summed E-state index contributed by atoms with van der Waals surface area (Å²) in [5.74, 6) is 0.0760. The molecule has 1 atom stereocenters. The first kappa shape index (κ1) is 13.0. The Morgan fingerprint density at radius 1 is 1.25 bits per heavy atom. The van der Waals surface area contributed by atoms with Crippen LogP contribution in [0.25, 0.3) is 0 Å². The minimum absolute atomic E-state index is 0.0120. The van der Waals surface area contributed by atoms with Gasteiger partial charge in [-0.1, -0.05) is 33.1 Å². The third-order valence-electron chi connectivity index (χ3n) is 2.98. The van der Waals surface area contributed by atoms with Crippen LogP contribution in [0.1, 0.15) is 46.0 Å². The van der Waals surface area contributed by atoms with Gasteiger partial charge in [0.1, 0.15) is 6.04 Å². The van der Waals surface area contributed by atoms with Crippen molar-refractivity contribution in [3.63, 3.8) is 0 Å². The normalized spacial score (nSPS) is 21.1. The number of carbonyl (C=O) groups is 2. The lowest BCUT2D eigenvalue weighted by molar-refractivity contribution is -0.145. The van der Waals surface area contributed by atoms with Crippen molar-refractivity contribution < 1.29 is 9.59 Å². The summed E-state index contributed by atoms with van der Waals surface area (Å²) in [4.78, 5) is 25.2. The molecule has 0 aliphatic carbocycles. The number of piperazine rings is 1. The van der Waals surface area contributed by atoms with E-state index in [-0.39, 0.29) is 24.4 Å². The molecule has 4 nitrogen and oxygen atoms in total. The molecular weight excluding hydrogens is 204 g/mol. The lowest BCUT2D eigenvalue weighted by Crippen LogP contribution is -2.58. The SMILES string of the molecule is CCCCCN1C(=O)CNC(=O)C1CCC. The van der Waals surface area contributed by atoms with Crippen LogP contribution in [-0.4, -0.2) is 35.8 Å². The molecule has 0 radical (unpaired) electrons. The fourth-order valence-corrected chi connectivity index (χ4v) is 2.07. The van der Waals surface area contributed by atoms with Gasteiger partial charge in [0.15, 0.2) is 0 Å². The van der Waals surface area contributed by atoms with Gasteiger partial charge in [-0.05, 0) is 12.8 Å². The van der Waals surface area contributed by atoms with Gasteiger partial charge in [0, 0.05) is 6.54 Å². The first-order chi connectivity index (χ1) is 7.70. The summed E-state index contributed by atoms with van der Waals surface area (Å²) in [7, 11) is 0. The van der Waals surface area contributed by atoms with Crippen molar-refractivity contribution in [2.24, 2.45) is 0 Å². The molecule has 4 heteroatoms. The highest BCUT2D eigenvalue weighted by molar-refractivity contribution is 5.94. The molecule has 0 aromatic heterocycles. The minimum Gasteiger partial charge on any atom is -0.345 e. The smallest absolute Gasteiger partial charge is 0.243 e. The third kappa shape index (κ3) is 3.22. The van der Waals surface area contributed by atoms with Gasteiger partial charge in [0.25, 0.3) is 0 Å². The molecule has 1 unspecified atom stereocenters. The van der Waals surface area contributed by atoms with Crippen molar-refractivity contribution in [1.82, 2.24) is 10.2 Å². The summed E-state index contributed by atoms with van der Waals surface area (Å²) in [6, 6.07) is -0.233. The molecule has 1 rings (SSSR count). The fraction of sp³-hybridized carbons (Fsp3) is 0.833. The van der Waals surface area contributed by atoms with Crippen LogP contribution in [-0.2, 0) is 9.59 Å². The summed E-state index contributed by atoms with van der Waals surface area (Å²) in [5, 5.41) is 2.66. The average molecular weight is 226 g/mol. The van der Waals surface area contributed by atoms with Gasteiger partial charge >= 0.3 is 0 Å². The van der Waals surface area contributed by atoms with Gasteiger partial charge in [-0.15, -0.1) is 0 Å². The predicted molar refractivity (Wildman–Crippen MR) is 62.9 cm³/mol. The second-order valence-electron chi connectivity index (χ2n) is 4.32. The Bertz CT molecular complexity index is 253. The van der Waals surface area contributed by atoms with Crippen LogP contribution in [0.15, 0.2) is 0 Å². The Morgan fingerprint density at radius 2 is 2.00 bits per heavy atom. The van der Waals surface area contributed by atoms with Gasteiger partial charge in [-0.3, -0.25) is 9.59 Å². The number of amides is 2. The summed E-state index contributed by atoms with van der Waals surface area (Å²) >= 11 is 0. The topological polar surface area (TPSA) is 49.4 Å². The second kappa shape index (κ2) is 6.51. The Hall–Kier alpha value is -1.06. The number of hydrogen-bond acceptors (Lipinski definition) is 2. The molecule has 0 aromatic carbocycles. The van der Waals surface area contributed by atoms with E-state index in [1.807, 2.05) is 6.92 Å². The molecule has 2 amide bonds. The molecule has 1 heterocycles. The van der Waals surface area contributed by atoms with Crippen molar-refractivity contribution in [2.45, 2.75) is 52.0 Å². The van der Waals surface area contributed by atoms with E-state index in [0.717, 1.165) is 38.6 Å². The van der Waals surface area contributed by atoms with E-state index < -0.39 is 0 Å². The minimum atomic E-state index is -0.233. The highest BCUT2D eigenvalue weighted by atomic mass is 16.2. The van der Waals surface area contributed by atoms with Crippen LogP contribution < -0.4 is 5.32 Å². The Morgan fingerprint density at radius 3 is 2.62 bits per heavy atom. The van der Waals surface area contributed by atoms with Crippen LogP contribution in [0.3, 0.4) is 0 Å². The summed E-state index contributed by atoms with van der Waals surface area (Å²) < 4.78 is 0. The van der Waals surface area contributed by atoms with Crippen molar-refractivity contribution in [1.29, 1.82) is 0 Å². The first-order valence-corrected chi connectivity index (χ1v) is 6.27. The molecule has 1 aliphatic heterocycles. The zero-order valence-corrected chi connectivity index (χ0v) is 10.3. The Kier molecular flexibility index (Phi) is 5.29. The Labute approximate surface area is 97.4 Å². The summed E-state index contributed by atoms with van der Waals surface area (Å²) in [5.41, 5.74) is 0. The number of carbonyl (C=O) groups excluding carboxylic acids is 2. The van der Waals surface area contributed by atoms with Crippen LogP contribution >= 0.6 is 0 Å². The predicted octanol–water partition coefficient (Wildman–Crippen LogP) is 1.30. The molecule has 0 bridgehead atoms. The number of nitrogens with one attached hydrogen (secondary N) is 1. The van der Waals surface area contributed by atoms with E-state index in [4.69, 9.17) is 0 Å². The molecule has 16 heavy (non-hydrogen) atoms.